The molecule has 3 nitrogen and oxygen atoms in total. The maximum absolute atomic E-state index is 12.8. The van der Waals surface area contributed by atoms with Crippen LogP contribution in [0.5, 0.6) is 0 Å². The Morgan fingerprint density at radius 1 is 1.53 bits per heavy atom. The lowest BCUT2D eigenvalue weighted by Crippen LogP contribution is -2.42. The van der Waals surface area contributed by atoms with Crippen molar-refractivity contribution in [2.45, 2.75) is 39.2 Å². The summed E-state index contributed by atoms with van der Waals surface area (Å²) in [6.45, 7) is 8.13. The average Bonchev–Trinajstić information content (AvgIpc) is 2.69. The van der Waals surface area contributed by atoms with E-state index in [1.165, 1.54) is 25.0 Å². The minimum absolute atomic E-state index is 0.0114. The third-order valence-electron chi connectivity index (χ3n) is 3.99. The summed E-state index contributed by atoms with van der Waals surface area (Å²) in [5, 5.41) is 0. The monoisotopic (exact) mass is 264 g/mol. The summed E-state index contributed by atoms with van der Waals surface area (Å²) in [4.78, 5) is 18.5. The Balaban J connectivity index is 2.01. The fourth-order valence-electron chi connectivity index (χ4n) is 2.69. The molecule has 1 atom stereocenters. The van der Waals surface area contributed by atoms with Crippen LogP contribution >= 0.6 is 0 Å². The van der Waals surface area contributed by atoms with Gasteiger partial charge in [0.25, 0.3) is 0 Å². The zero-order valence-corrected chi connectivity index (χ0v) is 11.8. The molecule has 0 bridgehead atoms. The number of hydrogen-bond donors (Lipinski definition) is 0. The molecule has 1 aromatic heterocycles. The van der Waals surface area contributed by atoms with Gasteiger partial charge in [-0.15, -0.1) is 0 Å². The molecule has 0 N–H and O–H groups in total. The van der Waals surface area contributed by atoms with Crippen LogP contribution in [0.4, 0.5) is 4.39 Å². The van der Waals surface area contributed by atoms with E-state index in [-0.39, 0.29) is 17.2 Å². The van der Waals surface area contributed by atoms with Gasteiger partial charge in [-0.3, -0.25) is 14.7 Å². The average molecular weight is 264 g/mol. The van der Waals surface area contributed by atoms with Gasteiger partial charge in [0.1, 0.15) is 11.5 Å². The topological polar surface area (TPSA) is 33.2 Å². The summed E-state index contributed by atoms with van der Waals surface area (Å²) in [6, 6.07) is 2.75. The molecule has 1 aliphatic rings. The van der Waals surface area contributed by atoms with Crippen LogP contribution in [-0.4, -0.2) is 34.3 Å². The smallest absolute Gasteiger partial charge is 0.185 e. The van der Waals surface area contributed by atoms with Crippen molar-refractivity contribution in [3.8, 4) is 0 Å². The summed E-state index contributed by atoms with van der Waals surface area (Å²) >= 11 is 0. The number of carbonyl (C=O) groups excluding carboxylic acids is 1. The zero-order valence-electron chi connectivity index (χ0n) is 11.8. The van der Waals surface area contributed by atoms with E-state index in [0.29, 0.717) is 5.69 Å². The van der Waals surface area contributed by atoms with E-state index < -0.39 is 5.82 Å². The van der Waals surface area contributed by atoms with Crippen LogP contribution in [0.25, 0.3) is 0 Å². The highest BCUT2D eigenvalue weighted by Gasteiger charge is 2.33. The Hall–Kier alpha value is -1.29. The maximum Gasteiger partial charge on any atom is 0.185 e. The second-order valence-corrected chi connectivity index (χ2v) is 5.99. The van der Waals surface area contributed by atoms with Crippen molar-refractivity contribution < 1.29 is 9.18 Å². The standard InChI is InChI=1S/C15H21FN2O/c1-11(10-18-8-4-7-15(18,2)3)14(19)13-6-5-12(16)9-17-13/h5-6,9,11H,4,7-8,10H2,1-3H3. The molecule has 2 rings (SSSR count). The second kappa shape index (κ2) is 5.37. The number of nitrogens with zero attached hydrogens (tertiary/aromatic N) is 2. The van der Waals surface area contributed by atoms with Gasteiger partial charge in [-0.2, -0.15) is 0 Å². The third-order valence-corrected chi connectivity index (χ3v) is 3.99. The van der Waals surface area contributed by atoms with Crippen LogP contribution in [0.3, 0.4) is 0 Å². The SMILES string of the molecule is CC(CN1CCCC1(C)C)C(=O)c1ccc(F)cn1. The summed E-state index contributed by atoms with van der Waals surface area (Å²) < 4.78 is 12.8. The van der Waals surface area contributed by atoms with Crippen LogP contribution in [0, 0.1) is 11.7 Å². The lowest BCUT2D eigenvalue weighted by Gasteiger charge is -2.33. The molecule has 1 aliphatic heterocycles. The highest BCUT2D eigenvalue weighted by Crippen LogP contribution is 2.29. The molecule has 0 saturated carbocycles. The highest BCUT2D eigenvalue weighted by molar-refractivity contribution is 5.95. The number of carbonyl (C=O) groups is 1. The summed E-state index contributed by atoms with van der Waals surface area (Å²) in [6.07, 6.45) is 3.45. The molecule has 4 heteroatoms. The quantitative estimate of drug-likeness (QED) is 0.784. The number of likely N-dealkylation sites (tertiary alicyclic amines) is 1. The first-order chi connectivity index (χ1) is 8.90. The number of Topliss-reactive ketones (excluding diaryl/α,β-unsaturated/α-hetero) is 1. The molecule has 0 amide bonds. The van der Waals surface area contributed by atoms with Crippen molar-refractivity contribution in [3.05, 3.63) is 29.8 Å². The molecule has 1 unspecified atom stereocenters. The molecule has 0 radical (unpaired) electrons. The molecule has 0 aromatic carbocycles. The normalized spacial score (nSPS) is 20.4. The van der Waals surface area contributed by atoms with E-state index in [1.807, 2.05) is 6.92 Å². The molecular formula is C15H21FN2O. The summed E-state index contributed by atoms with van der Waals surface area (Å²) in [5.74, 6) is -0.539. The van der Waals surface area contributed by atoms with Crippen LogP contribution in [0.2, 0.25) is 0 Å². The van der Waals surface area contributed by atoms with Crippen LogP contribution in [-0.2, 0) is 0 Å². The molecule has 2 heterocycles. The molecule has 0 spiro atoms. The molecule has 1 fully saturated rings. The first kappa shape index (κ1) is 14.1. The number of aromatic nitrogens is 1. The first-order valence-corrected chi connectivity index (χ1v) is 6.81. The Kier molecular flexibility index (Phi) is 3.99. The first-order valence-electron chi connectivity index (χ1n) is 6.81. The summed E-state index contributed by atoms with van der Waals surface area (Å²) in [7, 11) is 0. The molecule has 1 saturated heterocycles. The van der Waals surface area contributed by atoms with Gasteiger partial charge in [-0.05, 0) is 45.4 Å². The maximum atomic E-state index is 12.8. The minimum Gasteiger partial charge on any atom is -0.297 e. The molecule has 104 valence electrons. The fraction of sp³-hybridized carbons (Fsp3) is 0.600. The summed E-state index contributed by atoms with van der Waals surface area (Å²) in [5.41, 5.74) is 0.524. The van der Waals surface area contributed by atoms with E-state index in [2.05, 4.69) is 23.7 Å². The van der Waals surface area contributed by atoms with Gasteiger partial charge in [-0.1, -0.05) is 6.92 Å². The van der Waals surface area contributed by atoms with Gasteiger partial charge in [0.2, 0.25) is 0 Å². The number of ketones is 1. The van der Waals surface area contributed by atoms with E-state index in [4.69, 9.17) is 0 Å². The second-order valence-electron chi connectivity index (χ2n) is 5.99. The van der Waals surface area contributed by atoms with Crippen molar-refractivity contribution in [2.75, 3.05) is 13.1 Å². The van der Waals surface area contributed by atoms with Crippen molar-refractivity contribution in [2.24, 2.45) is 5.92 Å². The molecule has 0 aliphatic carbocycles. The van der Waals surface area contributed by atoms with Gasteiger partial charge in [0.05, 0.1) is 6.20 Å². The largest absolute Gasteiger partial charge is 0.297 e. The number of hydrogen-bond acceptors (Lipinski definition) is 3. The predicted octanol–water partition coefficient (Wildman–Crippen LogP) is 2.91. The number of pyridine rings is 1. The van der Waals surface area contributed by atoms with Gasteiger partial charge in [0, 0.05) is 18.0 Å². The van der Waals surface area contributed by atoms with Gasteiger partial charge in [-0.25, -0.2) is 4.39 Å². The fourth-order valence-corrected chi connectivity index (χ4v) is 2.69. The number of halogens is 1. The van der Waals surface area contributed by atoms with Gasteiger partial charge < -0.3 is 0 Å². The van der Waals surface area contributed by atoms with Gasteiger partial charge >= 0.3 is 0 Å². The lowest BCUT2D eigenvalue weighted by atomic mass is 9.98. The van der Waals surface area contributed by atoms with Crippen LogP contribution < -0.4 is 0 Å². The van der Waals surface area contributed by atoms with Crippen molar-refractivity contribution in [3.63, 3.8) is 0 Å². The highest BCUT2D eigenvalue weighted by atomic mass is 19.1. The van der Waals surface area contributed by atoms with E-state index in [9.17, 15) is 9.18 Å². The molecular weight excluding hydrogens is 243 g/mol. The van der Waals surface area contributed by atoms with Crippen molar-refractivity contribution in [1.82, 2.24) is 9.88 Å². The Morgan fingerprint density at radius 3 is 2.79 bits per heavy atom. The zero-order chi connectivity index (χ0) is 14.0. The van der Waals surface area contributed by atoms with E-state index in [0.717, 1.165) is 19.3 Å². The van der Waals surface area contributed by atoms with Crippen molar-refractivity contribution >= 4 is 5.78 Å². The Morgan fingerprint density at radius 2 is 2.26 bits per heavy atom. The van der Waals surface area contributed by atoms with Crippen LogP contribution in [0.15, 0.2) is 18.3 Å². The third kappa shape index (κ3) is 3.18. The van der Waals surface area contributed by atoms with E-state index >= 15 is 0 Å². The molecule has 1 aromatic rings. The Labute approximate surface area is 113 Å². The van der Waals surface area contributed by atoms with Crippen molar-refractivity contribution in [1.29, 1.82) is 0 Å². The predicted molar refractivity (Wildman–Crippen MR) is 72.6 cm³/mol. The molecule has 19 heavy (non-hydrogen) atoms. The van der Waals surface area contributed by atoms with Crippen LogP contribution in [0.1, 0.15) is 44.1 Å². The van der Waals surface area contributed by atoms with Gasteiger partial charge in [0.15, 0.2) is 5.78 Å². The lowest BCUT2D eigenvalue weighted by molar-refractivity contribution is 0.0847. The van der Waals surface area contributed by atoms with E-state index in [1.54, 1.807) is 0 Å². The minimum atomic E-state index is -0.412. The Bertz CT molecular complexity index is 456. The number of rotatable bonds is 4.